The fourth-order valence-electron chi connectivity index (χ4n) is 6.06. The molecule has 0 bridgehead atoms. The summed E-state index contributed by atoms with van der Waals surface area (Å²) in [7, 11) is 0. The minimum absolute atomic E-state index is 0.0000980. The van der Waals surface area contributed by atoms with Crippen molar-refractivity contribution in [2.24, 2.45) is 17.8 Å². The molecule has 3 atom stereocenters. The molecular weight excluding hydrogens is 438 g/mol. The second kappa shape index (κ2) is 13.3. The Morgan fingerprint density at radius 1 is 1.20 bits per heavy atom. The second-order valence-electron chi connectivity index (χ2n) is 11.2. The third-order valence-electron chi connectivity index (χ3n) is 8.52. The van der Waals surface area contributed by atoms with Crippen LogP contribution in [0.4, 0.5) is 0 Å². The summed E-state index contributed by atoms with van der Waals surface area (Å²) in [4.78, 5) is 27.5. The van der Waals surface area contributed by atoms with Crippen LogP contribution in [-0.4, -0.2) is 54.5 Å². The summed E-state index contributed by atoms with van der Waals surface area (Å²) in [6.07, 6.45) is 9.50. The number of piperidine rings is 1. The lowest BCUT2D eigenvalue weighted by atomic mass is 9.68. The topological polar surface area (TPSA) is 81.7 Å². The summed E-state index contributed by atoms with van der Waals surface area (Å²) in [6.45, 7) is 10.5. The summed E-state index contributed by atoms with van der Waals surface area (Å²) >= 11 is 0. The van der Waals surface area contributed by atoms with E-state index >= 15 is 0 Å². The molecule has 1 aliphatic heterocycles. The summed E-state index contributed by atoms with van der Waals surface area (Å²) in [6, 6.07) is 7.71. The van der Waals surface area contributed by atoms with Crippen molar-refractivity contribution < 1.29 is 14.7 Å². The maximum absolute atomic E-state index is 13.3. The summed E-state index contributed by atoms with van der Waals surface area (Å²) < 4.78 is 0. The molecule has 2 fully saturated rings. The maximum atomic E-state index is 13.3. The number of carbonyl (C=O) groups is 2. The Hall–Kier alpha value is -2.08. The van der Waals surface area contributed by atoms with Crippen molar-refractivity contribution in [1.29, 1.82) is 0 Å². The van der Waals surface area contributed by atoms with Gasteiger partial charge in [-0.25, -0.2) is 0 Å². The first kappa shape index (κ1) is 27.5. The molecule has 0 radical (unpaired) electrons. The maximum Gasteiger partial charge on any atom is 0.224 e. The smallest absolute Gasteiger partial charge is 0.224 e. The quantitative estimate of drug-likeness (QED) is 0.400. The number of benzene rings is 1. The van der Waals surface area contributed by atoms with Crippen molar-refractivity contribution in [3.8, 4) is 5.75 Å². The molecule has 3 rings (SSSR count). The van der Waals surface area contributed by atoms with Gasteiger partial charge in [0.15, 0.2) is 0 Å². The van der Waals surface area contributed by atoms with E-state index in [9.17, 15) is 14.7 Å². The number of hydrogen-bond acceptors (Lipinski definition) is 4. The first-order chi connectivity index (χ1) is 16.8. The molecule has 2 amide bonds. The third kappa shape index (κ3) is 7.96. The van der Waals surface area contributed by atoms with Crippen molar-refractivity contribution in [3.63, 3.8) is 0 Å². The number of likely N-dealkylation sites (tertiary alicyclic amines) is 1. The van der Waals surface area contributed by atoms with Crippen molar-refractivity contribution in [2.75, 3.05) is 32.7 Å². The van der Waals surface area contributed by atoms with Gasteiger partial charge in [0.1, 0.15) is 5.75 Å². The van der Waals surface area contributed by atoms with Gasteiger partial charge in [-0.1, -0.05) is 58.1 Å². The lowest BCUT2D eigenvalue weighted by molar-refractivity contribution is -0.127. The largest absolute Gasteiger partial charge is 0.508 e. The van der Waals surface area contributed by atoms with Crippen LogP contribution in [0.5, 0.6) is 5.75 Å². The molecule has 1 saturated carbocycles. The summed E-state index contributed by atoms with van der Waals surface area (Å²) in [5.74, 6) is 1.61. The van der Waals surface area contributed by atoms with Crippen LogP contribution >= 0.6 is 0 Å². The van der Waals surface area contributed by atoms with Crippen molar-refractivity contribution >= 4 is 11.8 Å². The molecule has 35 heavy (non-hydrogen) atoms. The van der Waals surface area contributed by atoms with Gasteiger partial charge in [0.05, 0.1) is 5.92 Å². The van der Waals surface area contributed by atoms with Crippen LogP contribution in [0.25, 0.3) is 0 Å². The highest BCUT2D eigenvalue weighted by molar-refractivity contribution is 5.79. The standard InChI is InChI=1S/C29H47N3O3/c1-4-30-27(34)14-9-16-31-28(35)24(18-23-10-6-5-7-11-23)21-32-17-15-29(3,22(2)20-32)25-12-8-13-26(33)19-25/h8,12-13,19,22-24,33H,4-7,9-11,14-18,20-21H2,1-3H3,(H,30,34)(H,31,35). The molecule has 1 heterocycles. The van der Waals surface area contributed by atoms with E-state index in [4.69, 9.17) is 0 Å². The van der Waals surface area contributed by atoms with Gasteiger partial charge in [0.2, 0.25) is 11.8 Å². The highest BCUT2D eigenvalue weighted by Crippen LogP contribution is 2.40. The first-order valence-corrected chi connectivity index (χ1v) is 13.9. The van der Waals surface area contributed by atoms with Crippen LogP contribution in [-0.2, 0) is 15.0 Å². The van der Waals surface area contributed by atoms with Gasteiger partial charge in [-0.05, 0) is 67.7 Å². The molecule has 1 saturated heterocycles. The molecule has 196 valence electrons. The van der Waals surface area contributed by atoms with E-state index in [1.165, 1.54) is 37.7 Å². The minimum atomic E-state index is -0.0000980. The normalized spacial score (nSPS) is 24.6. The van der Waals surface area contributed by atoms with E-state index in [0.717, 1.165) is 32.5 Å². The molecule has 6 nitrogen and oxygen atoms in total. The second-order valence-corrected chi connectivity index (χ2v) is 11.2. The van der Waals surface area contributed by atoms with Crippen LogP contribution < -0.4 is 10.6 Å². The Balaban J connectivity index is 1.58. The molecule has 1 aromatic rings. The van der Waals surface area contributed by atoms with Crippen LogP contribution in [0.15, 0.2) is 24.3 Å². The van der Waals surface area contributed by atoms with E-state index in [-0.39, 0.29) is 23.1 Å². The average molecular weight is 486 g/mol. The Labute approximate surface area is 212 Å². The highest BCUT2D eigenvalue weighted by Gasteiger charge is 2.39. The number of nitrogens with zero attached hydrogens (tertiary/aromatic N) is 1. The number of rotatable bonds is 11. The number of amides is 2. The molecular formula is C29H47N3O3. The Morgan fingerprint density at radius 2 is 1.97 bits per heavy atom. The van der Waals surface area contributed by atoms with Gasteiger partial charge in [0.25, 0.3) is 0 Å². The average Bonchev–Trinajstić information content (AvgIpc) is 2.84. The molecule has 1 aromatic carbocycles. The zero-order valence-corrected chi connectivity index (χ0v) is 22.2. The predicted molar refractivity (Wildman–Crippen MR) is 141 cm³/mol. The van der Waals surface area contributed by atoms with E-state index in [1.54, 1.807) is 6.07 Å². The van der Waals surface area contributed by atoms with Crippen LogP contribution in [0.3, 0.4) is 0 Å². The predicted octanol–water partition coefficient (Wildman–Crippen LogP) is 4.61. The molecule has 1 aliphatic carbocycles. The zero-order valence-electron chi connectivity index (χ0n) is 22.2. The summed E-state index contributed by atoms with van der Waals surface area (Å²) in [5, 5.41) is 16.0. The molecule has 0 spiro atoms. The van der Waals surface area contributed by atoms with Gasteiger partial charge in [0, 0.05) is 32.6 Å². The summed E-state index contributed by atoms with van der Waals surface area (Å²) in [5.41, 5.74) is 1.23. The van der Waals surface area contributed by atoms with Crippen LogP contribution in [0.2, 0.25) is 0 Å². The van der Waals surface area contributed by atoms with E-state index in [2.05, 4.69) is 35.4 Å². The first-order valence-electron chi connectivity index (χ1n) is 13.9. The minimum Gasteiger partial charge on any atom is -0.508 e. The lowest BCUT2D eigenvalue weighted by Gasteiger charge is -2.46. The number of nitrogens with one attached hydrogen (secondary N) is 2. The fourth-order valence-corrected chi connectivity index (χ4v) is 6.06. The van der Waals surface area contributed by atoms with Gasteiger partial charge in [-0.2, -0.15) is 0 Å². The SMILES string of the molecule is CCNC(=O)CCCNC(=O)C(CC1CCCCC1)CN1CCC(C)(c2cccc(O)c2)C(C)C1. The number of aromatic hydroxyl groups is 1. The molecule has 3 unspecified atom stereocenters. The van der Waals surface area contributed by atoms with Crippen LogP contribution in [0, 0.1) is 17.8 Å². The molecule has 3 N–H and O–H groups in total. The number of carbonyl (C=O) groups excluding carboxylic acids is 2. The Bertz CT molecular complexity index is 823. The molecule has 0 aromatic heterocycles. The van der Waals surface area contributed by atoms with Gasteiger partial charge in [-0.15, -0.1) is 0 Å². The fraction of sp³-hybridized carbons (Fsp3) is 0.724. The van der Waals surface area contributed by atoms with E-state index in [1.807, 2.05) is 19.1 Å². The number of phenols is 1. The van der Waals surface area contributed by atoms with Crippen molar-refractivity contribution in [3.05, 3.63) is 29.8 Å². The zero-order chi connectivity index (χ0) is 25.3. The van der Waals surface area contributed by atoms with E-state index < -0.39 is 0 Å². The van der Waals surface area contributed by atoms with Crippen LogP contribution in [0.1, 0.15) is 84.1 Å². The van der Waals surface area contributed by atoms with Gasteiger partial charge in [-0.3, -0.25) is 9.59 Å². The van der Waals surface area contributed by atoms with E-state index in [0.29, 0.717) is 43.5 Å². The Kier molecular flexibility index (Phi) is 10.4. The van der Waals surface area contributed by atoms with Crippen molar-refractivity contribution in [2.45, 2.75) is 84.0 Å². The highest BCUT2D eigenvalue weighted by atomic mass is 16.3. The van der Waals surface area contributed by atoms with Gasteiger partial charge < -0.3 is 20.6 Å². The number of hydrogen-bond donors (Lipinski definition) is 3. The number of phenolic OH excluding ortho intramolecular Hbond substituents is 1. The monoisotopic (exact) mass is 485 g/mol. The Morgan fingerprint density at radius 3 is 2.66 bits per heavy atom. The molecule has 6 heteroatoms. The lowest BCUT2D eigenvalue weighted by Crippen LogP contribution is -2.50. The third-order valence-corrected chi connectivity index (χ3v) is 8.52. The molecule has 2 aliphatic rings. The van der Waals surface area contributed by atoms with Gasteiger partial charge >= 0.3 is 0 Å². The van der Waals surface area contributed by atoms with Crippen molar-refractivity contribution in [1.82, 2.24) is 15.5 Å².